The third-order valence-corrected chi connectivity index (χ3v) is 4.96. The number of anilines is 1. The van der Waals surface area contributed by atoms with E-state index in [4.69, 9.17) is 27.6 Å². The number of hydrogen-bond acceptors (Lipinski definition) is 6. The lowest BCUT2D eigenvalue weighted by molar-refractivity contribution is 0.601. The summed E-state index contributed by atoms with van der Waals surface area (Å²) in [5.41, 5.74) is 4.10. The average molecular weight is 390 g/mol. The first-order valence-corrected chi connectivity index (χ1v) is 8.74. The molecule has 2 aromatic heterocycles. The lowest BCUT2D eigenvalue weighted by Gasteiger charge is -1.99. The van der Waals surface area contributed by atoms with Crippen LogP contribution in [0.4, 0.5) is 5.13 Å². The van der Waals surface area contributed by atoms with E-state index in [-0.39, 0.29) is 5.43 Å². The third-order valence-electron chi connectivity index (χ3n) is 3.49. The Bertz CT molecular complexity index is 1180. The maximum Gasteiger partial charge on any atom is 0.204 e. The minimum absolute atomic E-state index is 0.207. The minimum atomic E-state index is -0.207. The number of aromatic nitrogens is 1. The van der Waals surface area contributed by atoms with Gasteiger partial charge in [0.2, 0.25) is 10.6 Å². The molecule has 1 N–H and O–H groups in total. The number of nitrogens with one attached hydrogen (secondary N) is 1. The number of benzene rings is 2. The lowest BCUT2D eigenvalue weighted by Crippen LogP contribution is -2.08. The van der Waals surface area contributed by atoms with Crippen molar-refractivity contribution in [1.29, 1.82) is 0 Å². The van der Waals surface area contributed by atoms with E-state index in [2.05, 4.69) is 15.5 Å². The molecule has 124 valence electrons. The van der Waals surface area contributed by atoms with E-state index >= 15 is 0 Å². The topological polar surface area (TPSA) is 67.5 Å². The highest BCUT2D eigenvalue weighted by Gasteiger charge is 2.07. The molecule has 0 unspecified atom stereocenters. The summed E-state index contributed by atoms with van der Waals surface area (Å²) in [4.78, 5) is 16.8. The van der Waals surface area contributed by atoms with Gasteiger partial charge in [0.25, 0.3) is 0 Å². The fourth-order valence-corrected chi connectivity index (χ4v) is 3.61. The summed E-state index contributed by atoms with van der Waals surface area (Å²) in [5, 5.41) is 6.10. The number of nitrogens with zero attached hydrogens (tertiary/aromatic N) is 2. The summed E-state index contributed by atoms with van der Waals surface area (Å²) in [6.45, 7) is 0. The molecule has 8 heteroatoms. The van der Waals surface area contributed by atoms with Crippen molar-refractivity contribution in [2.45, 2.75) is 0 Å². The van der Waals surface area contributed by atoms with E-state index in [1.807, 2.05) is 12.1 Å². The Hall–Kier alpha value is -2.41. The van der Waals surface area contributed by atoms with Crippen LogP contribution in [0.2, 0.25) is 10.0 Å². The van der Waals surface area contributed by atoms with Gasteiger partial charge in [0.05, 0.1) is 26.9 Å². The Kier molecular flexibility index (Phi) is 4.17. The lowest BCUT2D eigenvalue weighted by atomic mass is 10.2. The van der Waals surface area contributed by atoms with E-state index < -0.39 is 0 Å². The zero-order valence-electron chi connectivity index (χ0n) is 12.5. The van der Waals surface area contributed by atoms with Crippen LogP contribution in [0.1, 0.15) is 5.56 Å². The highest BCUT2D eigenvalue weighted by atomic mass is 35.5. The fourth-order valence-electron chi connectivity index (χ4n) is 2.33. The van der Waals surface area contributed by atoms with Gasteiger partial charge >= 0.3 is 0 Å². The van der Waals surface area contributed by atoms with Crippen molar-refractivity contribution in [3.05, 3.63) is 68.5 Å². The van der Waals surface area contributed by atoms with Gasteiger partial charge in [0, 0.05) is 5.02 Å². The van der Waals surface area contributed by atoms with Gasteiger partial charge in [0.15, 0.2) is 0 Å². The molecule has 0 aliphatic rings. The number of fused-ring (bicyclic) bond motifs is 2. The molecule has 0 saturated carbocycles. The number of para-hydroxylation sites is 1. The number of thiazole rings is 1. The van der Waals surface area contributed by atoms with E-state index in [1.54, 1.807) is 24.3 Å². The van der Waals surface area contributed by atoms with E-state index in [1.165, 1.54) is 23.8 Å². The number of rotatable bonds is 3. The molecule has 2 aromatic carbocycles. The highest BCUT2D eigenvalue weighted by molar-refractivity contribution is 7.22. The SMILES string of the molecule is O=c1c(/C=N/Nc2nc3c(Cl)cccc3s2)coc2ccc(Cl)cc12. The van der Waals surface area contributed by atoms with Crippen LogP contribution in [-0.4, -0.2) is 11.2 Å². The second kappa shape index (κ2) is 6.48. The molecule has 0 radical (unpaired) electrons. The monoisotopic (exact) mass is 389 g/mol. The predicted molar refractivity (Wildman–Crippen MR) is 103 cm³/mol. The van der Waals surface area contributed by atoms with Crippen molar-refractivity contribution >= 4 is 67.1 Å². The molecular formula is C17H9Cl2N3O2S. The summed E-state index contributed by atoms with van der Waals surface area (Å²) in [7, 11) is 0. The quantitative estimate of drug-likeness (QED) is 0.388. The largest absolute Gasteiger partial charge is 0.463 e. The van der Waals surface area contributed by atoms with Crippen molar-refractivity contribution in [2.75, 3.05) is 5.43 Å². The maximum absolute atomic E-state index is 12.4. The van der Waals surface area contributed by atoms with Crippen LogP contribution in [0.3, 0.4) is 0 Å². The summed E-state index contributed by atoms with van der Waals surface area (Å²) in [5.74, 6) is 0. The predicted octanol–water partition coefficient (Wildman–Crippen LogP) is 5.16. The Morgan fingerprint density at radius 2 is 2.12 bits per heavy atom. The van der Waals surface area contributed by atoms with Gasteiger partial charge in [-0.05, 0) is 30.3 Å². The van der Waals surface area contributed by atoms with Crippen molar-refractivity contribution in [1.82, 2.24) is 4.98 Å². The van der Waals surface area contributed by atoms with Crippen molar-refractivity contribution in [3.8, 4) is 0 Å². The van der Waals surface area contributed by atoms with Crippen molar-refractivity contribution in [2.24, 2.45) is 5.10 Å². The molecular weight excluding hydrogens is 381 g/mol. The minimum Gasteiger partial charge on any atom is -0.463 e. The number of hydrogen-bond donors (Lipinski definition) is 1. The van der Waals surface area contributed by atoms with Crippen LogP contribution in [0.15, 0.2) is 57.0 Å². The molecule has 2 heterocycles. The molecule has 5 nitrogen and oxygen atoms in total. The summed E-state index contributed by atoms with van der Waals surface area (Å²) >= 11 is 13.5. The zero-order chi connectivity index (χ0) is 17.4. The molecule has 0 aliphatic heterocycles. The Balaban J connectivity index is 1.63. The second-order valence-corrected chi connectivity index (χ2v) is 7.01. The number of hydrazone groups is 1. The normalized spacial score (nSPS) is 11.6. The van der Waals surface area contributed by atoms with Crippen LogP contribution in [-0.2, 0) is 0 Å². The van der Waals surface area contributed by atoms with E-state index in [0.29, 0.717) is 37.2 Å². The molecule has 0 saturated heterocycles. The molecule has 4 aromatic rings. The summed E-state index contributed by atoms with van der Waals surface area (Å²) in [6.07, 6.45) is 2.75. The smallest absolute Gasteiger partial charge is 0.204 e. The maximum atomic E-state index is 12.4. The van der Waals surface area contributed by atoms with Crippen molar-refractivity contribution < 1.29 is 4.42 Å². The third kappa shape index (κ3) is 3.11. The van der Waals surface area contributed by atoms with Gasteiger partial charge in [0.1, 0.15) is 17.4 Å². The Morgan fingerprint density at radius 3 is 2.96 bits per heavy atom. The van der Waals surface area contributed by atoms with Gasteiger partial charge < -0.3 is 4.42 Å². The van der Waals surface area contributed by atoms with Crippen LogP contribution in [0.25, 0.3) is 21.2 Å². The average Bonchev–Trinajstić information content (AvgIpc) is 3.02. The highest BCUT2D eigenvalue weighted by Crippen LogP contribution is 2.30. The molecule has 0 fully saturated rings. The van der Waals surface area contributed by atoms with Gasteiger partial charge in [-0.3, -0.25) is 10.2 Å². The first kappa shape index (κ1) is 16.1. The van der Waals surface area contributed by atoms with Crippen LogP contribution >= 0.6 is 34.5 Å². The van der Waals surface area contributed by atoms with Gasteiger partial charge in [-0.2, -0.15) is 5.10 Å². The van der Waals surface area contributed by atoms with Gasteiger partial charge in [-0.25, -0.2) is 4.98 Å². The van der Waals surface area contributed by atoms with E-state index in [9.17, 15) is 4.79 Å². The van der Waals surface area contributed by atoms with Gasteiger partial charge in [-0.15, -0.1) is 0 Å². The van der Waals surface area contributed by atoms with Crippen LogP contribution in [0, 0.1) is 0 Å². The molecule has 0 aliphatic carbocycles. The van der Waals surface area contributed by atoms with Crippen LogP contribution < -0.4 is 10.9 Å². The van der Waals surface area contributed by atoms with Crippen molar-refractivity contribution in [3.63, 3.8) is 0 Å². The Morgan fingerprint density at radius 1 is 1.24 bits per heavy atom. The molecule has 0 amide bonds. The molecule has 4 rings (SSSR count). The van der Waals surface area contributed by atoms with Crippen LogP contribution in [0.5, 0.6) is 0 Å². The molecule has 25 heavy (non-hydrogen) atoms. The second-order valence-electron chi connectivity index (χ2n) is 5.14. The molecule has 0 atom stereocenters. The van der Waals surface area contributed by atoms with Gasteiger partial charge in [-0.1, -0.05) is 40.6 Å². The fraction of sp³-hybridized carbons (Fsp3) is 0. The van der Waals surface area contributed by atoms with E-state index in [0.717, 1.165) is 4.70 Å². The Labute approximate surface area is 155 Å². The molecule has 0 spiro atoms. The molecule has 0 bridgehead atoms. The number of halogens is 2. The summed E-state index contributed by atoms with van der Waals surface area (Å²) < 4.78 is 6.39. The zero-order valence-corrected chi connectivity index (χ0v) is 14.8. The first-order chi connectivity index (χ1) is 12.1. The first-order valence-electron chi connectivity index (χ1n) is 7.17. The summed E-state index contributed by atoms with van der Waals surface area (Å²) in [6, 6.07) is 10.5. The standard InChI is InChI=1S/C17H9Cl2N3O2S/c18-10-4-5-13-11(6-10)16(23)9(8-24-13)7-20-22-17-21-15-12(19)2-1-3-14(15)25-17/h1-8H,(H,21,22)/b20-7+.